The predicted molar refractivity (Wildman–Crippen MR) is 66.1 cm³/mol. The van der Waals surface area contributed by atoms with Gasteiger partial charge in [-0.25, -0.2) is 0 Å². The monoisotopic (exact) mass is 239 g/mol. The van der Waals surface area contributed by atoms with Gasteiger partial charge in [0.15, 0.2) is 0 Å². The topological polar surface area (TPSA) is 87.4 Å². The van der Waals surface area contributed by atoms with Crippen molar-refractivity contribution in [2.75, 3.05) is 25.5 Å². The molecule has 0 aliphatic heterocycles. The van der Waals surface area contributed by atoms with Gasteiger partial charge in [0.05, 0.1) is 4.92 Å². The van der Waals surface area contributed by atoms with Crippen molar-refractivity contribution >= 4 is 11.4 Å². The van der Waals surface area contributed by atoms with E-state index in [0.29, 0.717) is 25.2 Å². The Morgan fingerprint density at radius 3 is 2.82 bits per heavy atom. The fraction of sp³-hybridized carbons (Fsp3) is 0.455. The van der Waals surface area contributed by atoms with E-state index in [2.05, 4.69) is 10.6 Å². The zero-order chi connectivity index (χ0) is 12.7. The second-order valence-corrected chi connectivity index (χ2v) is 3.61. The lowest BCUT2D eigenvalue weighted by Crippen LogP contribution is -2.15. The number of nitro groups is 1. The number of aliphatic hydroxyl groups excluding tert-OH is 1. The molecule has 0 aromatic heterocycles. The van der Waals surface area contributed by atoms with Crippen LogP contribution in [0.2, 0.25) is 0 Å². The van der Waals surface area contributed by atoms with E-state index >= 15 is 0 Å². The minimum absolute atomic E-state index is 0.0777. The molecule has 0 atom stereocenters. The highest BCUT2D eigenvalue weighted by atomic mass is 16.6. The van der Waals surface area contributed by atoms with Crippen molar-refractivity contribution in [3.8, 4) is 0 Å². The van der Waals surface area contributed by atoms with Crippen LogP contribution < -0.4 is 10.6 Å². The van der Waals surface area contributed by atoms with Crippen LogP contribution in [0.3, 0.4) is 0 Å². The molecule has 1 aromatic carbocycles. The number of benzene rings is 1. The number of nitrogens with zero attached hydrogens (tertiary/aromatic N) is 1. The molecule has 94 valence electrons. The molecule has 1 aromatic rings. The van der Waals surface area contributed by atoms with E-state index in [1.165, 1.54) is 0 Å². The number of aliphatic hydroxyl groups is 1. The number of nitrogens with one attached hydrogen (secondary N) is 2. The number of hydrogen-bond acceptors (Lipinski definition) is 5. The van der Waals surface area contributed by atoms with Gasteiger partial charge >= 0.3 is 0 Å². The van der Waals surface area contributed by atoms with Gasteiger partial charge in [-0.05, 0) is 24.6 Å². The molecule has 0 unspecified atom stereocenters. The molecule has 0 radical (unpaired) electrons. The van der Waals surface area contributed by atoms with Crippen molar-refractivity contribution in [1.82, 2.24) is 5.32 Å². The van der Waals surface area contributed by atoms with Crippen molar-refractivity contribution in [1.29, 1.82) is 0 Å². The Bertz CT molecular complexity index is 382. The van der Waals surface area contributed by atoms with E-state index in [1.54, 1.807) is 19.2 Å². The summed E-state index contributed by atoms with van der Waals surface area (Å²) in [5.41, 5.74) is 1.44. The van der Waals surface area contributed by atoms with Gasteiger partial charge in [0.25, 0.3) is 5.69 Å². The Labute approximate surface area is 99.8 Å². The van der Waals surface area contributed by atoms with E-state index < -0.39 is 4.92 Å². The van der Waals surface area contributed by atoms with Gasteiger partial charge in [-0.1, -0.05) is 6.07 Å². The Hall–Kier alpha value is -1.66. The van der Waals surface area contributed by atoms with Crippen LogP contribution in [0, 0.1) is 10.1 Å². The van der Waals surface area contributed by atoms with Gasteiger partial charge in [-0.2, -0.15) is 0 Å². The summed E-state index contributed by atoms with van der Waals surface area (Å²) in [4.78, 5) is 10.4. The molecule has 0 fully saturated rings. The molecular weight excluding hydrogens is 222 g/mol. The molecule has 17 heavy (non-hydrogen) atoms. The van der Waals surface area contributed by atoms with Crippen LogP contribution in [0.15, 0.2) is 18.2 Å². The second-order valence-electron chi connectivity index (χ2n) is 3.61. The maximum Gasteiger partial charge on any atom is 0.292 e. The van der Waals surface area contributed by atoms with E-state index in [4.69, 9.17) is 5.11 Å². The summed E-state index contributed by atoms with van der Waals surface area (Å²) in [7, 11) is 1.65. The van der Waals surface area contributed by atoms with Gasteiger partial charge < -0.3 is 15.7 Å². The highest BCUT2D eigenvalue weighted by Crippen LogP contribution is 2.24. The molecule has 0 aliphatic carbocycles. The normalized spacial score (nSPS) is 10.2. The highest BCUT2D eigenvalue weighted by molar-refractivity contribution is 5.62. The van der Waals surface area contributed by atoms with E-state index in [1.807, 2.05) is 6.07 Å². The van der Waals surface area contributed by atoms with Crippen molar-refractivity contribution in [3.63, 3.8) is 0 Å². The molecule has 3 N–H and O–H groups in total. The van der Waals surface area contributed by atoms with E-state index in [-0.39, 0.29) is 12.3 Å². The van der Waals surface area contributed by atoms with Crippen LogP contribution in [0.5, 0.6) is 0 Å². The van der Waals surface area contributed by atoms with E-state index in [9.17, 15) is 10.1 Å². The third-order valence-electron chi connectivity index (χ3n) is 2.37. The summed E-state index contributed by atoms with van der Waals surface area (Å²) in [6.45, 7) is 1.40. The van der Waals surface area contributed by atoms with Crippen LogP contribution in [-0.4, -0.2) is 30.2 Å². The van der Waals surface area contributed by atoms with Crippen LogP contribution in [0.1, 0.15) is 12.0 Å². The molecule has 0 saturated carbocycles. The van der Waals surface area contributed by atoms with Gasteiger partial charge in [0.2, 0.25) is 0 Å². The maximum atomic E-state index is 10.8. The molecule has 0 amide bonds. The van der Waals surface area contributed by atoms with Gasteiger partial charge in [0, 0.05) is 26.3 Å². The summed E-state index contributed by atoms with van der Waals surface area (Å²) in [5.74, 6) is 0. The first kappa shape index (κ1) is 13.4. The lowest BCUT2D eigenvalue weighted by Gasteiger charge is -2.06. The Morgan fingerprint density at radius 2 is 2.24 bits per heavy atom. The van der Waals surface area contributed by atoms with Crippen LogP contribution in [-0.2, 0) is 6.54 Å². The third kappa shape index (κ3) is 4.01. The standard InChI is InChI=1S/C11H17N3O3/c1-12-10-4-3-9(7-11(10)14(16)17)8-13-5-2-6-15/h3-4,7,12-13,15H,2,5-6,8H2,1H3. The minimum Gasteiger partial charge on any atom is -0.396 e. The summed E-state index contributed by atoms with van der Waals surface area (Å²) in [6, 6.07) is 5.09. The molecular formula is C11H17N3O3. The third-order valence-corrected chi connectivity index (χ3v) is 2.37. The van der Waals surface area contributed by atoms with Gasteiger partial charge in [-0.15, -0.1) is 0 Å². The Balaban J connectivity index is 2.68. The number of hydrogen-bond donors (Lipinski definition) is 3. The minimum atomic E-state index is -0.400. The highest BCUT2D eigenvalue weighted by Gasteiger charge is 2.12. The van der Waals surface area contributed by atoms with Gasteiger partial charge in [-0.3, -0.25) is 10.1 Å². The van der Waals surface area contributed by atoms with Gasteiger partial charge in [0.1, 0.15) is 5.69 Å². The lowest BCUT2D eigenvalue weighted by atomic mass is 10.1. The van der Waals surface area contributed by atoms with Crippen molar-refractivity contribution in [2.45, 2.75) is 13.0 Å². The van der Waals surface area contributed by atoms with Crippen LogP contribution in [0.4, 0.5) is 11.4 Å². The molecule has 0 spiro atoms. The summed E-state index contributed by atoms with van der Waals surface area (Å²) in [5, 5.41) is 25.3. The first-order valence-corrected chi connectivity index (χ1v) is 5.45. The first-order chi connectivity index (χ1) is 8.19. The molecule has 6 nitrogen and oxygen atoms in total. The largest absolute Gasteiger partial charge is 0.396 e. The molecule has 0 saturated heterocycles. The zero-order valence-corrected chi connectivity index (χ0v) is 9.77. The fourth-order valence-corrected chi connectivity index (χ4v) is 1.49. The van der Waals surface area contributed by atoms with E-state index in [0.717, 1.165) is 5.56 Å². The fourth-order valence-electron chi connectivity index (χ4n) is 1.49. The summed E-state index contributed by atoms with van der Waals surface area (Å²) < 4.78 is 0. The molecule has 0 aliphatic rings. The molecule has 1 rings (SSSR count). The molecule has 0 heterocycles. The number of rotatable bonds is 7. The molecule has 6 heteroatoms. The summed E-state index contributed by atoms with van der Waals surface area (Å²) >= 11 is 0. The second kappa shape index (κ2) is 6.82. The average Bonchev–Trinajstić information content (AvgIpc) is 2.34. The predicted octanol–water partition coefficient (Wildman–Crippen LogP) is 1.11. The van der Waals surface area contributed by atoms with Crippen LogP contribution in [0.25, 0.3) is 0 Å². The average molecular weight is 239 g/mol. The SMILES string of the molecule is CNc1ccc(CNCCCO)cc1[N+](=O)[O-]. The molecule has 0 bridgehead atoms. The quantitative estimate of drug-likeness (QED) is 0.377. The van der Waals surface area contributed by atoms with Crippen molar-refractivity contribution in [3.05, 3.63) is 33.9 Å². The van der Waals surface area contributed by atoms with Crippen molar-refractivity contribution in [2.24, 2.45) is 0 Å². The smallest absolute Gasteiger partial charge is 0.292 e. The summed E-state index contributed by atoms with van der Waals surface area (Å²) in [6.07, 6.45) is 0.677. The van der Waals surface area contributed by atoms with Crippen molar-refractivity contribution < 1.29 is 10.0 Å². The Kier molecular flexibility index (Phi) is 5.38. The Morgan fingerprint density at radius 1 is 1.47 bits per heavy atom. The van der Waals surface area contributed by atoms with Crippen LogP contribution >= 0.6 is 0 Å². The number of nitro benzene ring substituents is 1. The lowest BCUT2D eigenvalue weighted by molar-refractivity contribution is -0.384. The number of anilines is 1. The maximum absolute atomic E-state index is 10.8. The zero-order valence-electron chi connectivity index (χ0n) is 9.77. The first-order valence-electron chi connectivity index (χ1n) is 5.45.